The van der Waals surface area contributed by atoms with Gasteiger partial charge in [-0.3, -0.25) is 10.1 Å². The van der Waals surface area contributed by atoms with Crippen molar-refractivity contribution >= 4 is 27.3 Å². The molecule has 1 aliphatic rings. The van der Waals surface area contributed by atoms with E-state index in [9.17, 15) is 10.1 Å². The Bertz CT molecular complexity index is 703. The SMILES string of the molecule is O=[N+]([O-])c1ccccc1NCc1cc(Br)cc2c1OCC2. The average Bonchev–Trinajstić information content (AvgIpc) is 2.93. The van der Waals surface area contributed by atoms with Crippen LogP contribution in [0.2, 0.25) is 0 Å². The summed E-state index contributed by atoms with van der Waals surface area (Å²) in [6.45, 7) is 1.16. The van der Waals surface area contributed by atoms with Gasteiger partial charge in [0.1, 0.15) is 11.4 Å². The quantitative estimate of drug-likeness (QED) is 0.672. The molecule has 0 bridgehead atoms. The third-order valence-corrected chi connectivity index (χ3v) is 3.85. The van der Waals surface area contributed by atoms with E-state index < -0.39 is 0 Å². The highest BCUT2D eigenvalue weighted by atomic mass is 79.9. The maximum Gasteiger partial charge on any atom is 0.292 e. The maximum absolute atomic E-state index is 11.0. The van der Waals surface area contributed by atoms with E-state index in [1.807, 2.05) is 6.07 Å². The van der Waals surface area contributed by atoms with Crippen molar-refractivity contribution in [3.05, 3.63) is 62.1 Å². The van der Waals surface area contributed by atoms with E-state index in [0.717, 1.165) is 22.2 Å². The van der Waals surface area contributed by atoms with Gasteiger partial charge in [-0.05, 0) is 23.8 Å². The van der Waals surface area contributed by atoms with Gasteiger partial charge in [0, 0.05) is 29.1 Å². The molecule has 0 atom stereocenters. The second-order valence-electron chi connectivity index (χ2n) is 4.78. The molecule has 2 aromatic rings. The first-order valence-corrected chi connectivity index (χ1v) is 7.36. The summed E-state index contributed by atoms with van der Waals surface area (Å²) in [7, 11) is 0. The summed E-state index contributed by atoms with van der Waals surface area (Å²) in [5, 5.41) is 14.1. The highest BCUT2D eigenvalue weighted by Crippen LogP contribution is 2.34. The number of hydrogen-bond acceptors (Lipinski definition) is 4. The van der Waals surface area contributed by atoms with E-state index in [2.05, 4.69) is 27.3 Å². The molecular formula is C15H13BrN2O3. The third kappa shape index (κ3) is 2.85. The second kappa shape index (κ2) is 5.73. The molecule has 0 saturated heterocycles. The molecule has 1 heterocycles. The fourth-order valence-corrected chi connectivity index (χ4v) is 3.00. The fourth-order valence-electron chi connectivity index (χ4n) is 2.45. The lowest BCUT2D eigenvalue weighted by Crippen LogP contribution is -2.04. The van der Waals surface area contributed by atoms with Crippen molar-refractivity contribution in [1.29, 1.82) is 0 Å². The van der Waals surface area contributed by atoms with Crippen molar-refractivity contribution in [3.8, 4) is 5.75 Å². The van der Waals surface area contributed by atoms with E-state index >= 15 is 0 Å². The Labute approximate surface area is 130 Å². The summed E-state index contributed by atoms with van der Waals surface area (Å²) in [5.41, 5.74) is 2.75. The largest absolute Gasteiger partial charge is 0.493 e. The van der Waals surface area contributed by atoms with Gasteiger partial charge in [0.2, 0.25) is 0 Å². The Kier molecular flexibility index (Phi) is 3.79. The zero-order valence-corrected chi connectivity index (χ0v) is 12.7. The topological polar surface area (TPSA) is 64.4 Å². The Morgan fingerprint density at radius 3 is 2.95 bits per heavy atom. The van der Waals surface area contributed by atoms with Crippen LogP contribution in [0.3, 0.4) is 0 Å². The molecule has 1 N–H and O–H groups in total. The summed E-state index contributed by atoms with van der Waals surface area (Å²) in [5.74, 6) is 0.893. The number of nitrogens with one attached hydrogen (secondary N) is 1. The molecule has 2 aromatic carbocycles. The highest BCUT2D eigenvalue weighted by molar-refractivity contribution is 9.10. The van der Waals surface area contributed by atoms with Gasteiger partial charge < -0.3 is 10.1 Å². The van der Waals surface area contributed by atoms with Gasteiger partial charge in [-0.15, -0.1) is 0 Å². The number of nitrogens with zero attached hydrogens (tertiary/aromatic N) is 1. The van der Waals surface area contributed by atoms with E-state index in [1.54, 1.807) is 18.2 Å². The predicted molar refractivity (Wildman–Crippen MR) is 83.8 cm³/mol. The maximum atomic E-state index is 11.0. The minimum atomic E-state index is -0.385. The van der Waals surface area contributed by atoms with Crippen LogP contribution in [0.25, 0.3) is 0 Å². The number of anilines is 1. The predicted octanol–water partition coefficient (Wildman–Crippen LogP) is 3.90. The van der Waals surface area contributed by atoms with Gasteiger partial charge in [-0.25, -0.2) is 0 Å². The molecule has 1 aliphatic heterocycles. The molecular weight excluding hydrogens is 336 g/mol. The van der Waals surface area contributed by atoms with Crippen LogP contribution < -0.4 is 10.1 Å². The monoisotopic (exact) mass is 348 g/mol. The van der Waals surface area contributed by atoms with Crippen molar-refractivity contribution in [3.63, 3.8) is 0 Å². The minimum absolute atomic E-state index is 0.0741. The lowest BCUT2D eigenvalue weighted by atomic mass is 10.1. The number of fused-ring (bicyclic) bond motifs is 1. The number of halogens is 1. The van der Waals surface area contributed by atoms with E-state index in [1.165, 1.54) is 11.6 Å². The smallest absolute Gasteiger partial charge is 0.292 e. The molecule has 5 nitrogen and oxygen atoms in total. The zero-order chi connectivity index (χ0) is 14.8. The molecule has 108 valence electrons. The third-order valence-electron chi connectivity index (χ3n) is 3.40. The summed E-state index contributed by atoms with van der Waals surface area (Å²) in [4.78, 5) is 10.6. The lowest BCUT2D eigenvalue weighted by molar-refractivity contribution is -0.384. The normalized spacial score (nSPS) is 12.6. The van der Waals surface area contributed by atoms with Crippen molar-refractivity contribution < 1.29 is 9.66 Å². The first-order chi connectivity index (χ1) is 10.1. The summed E-state index contributed by atoms with van der Waals surface area (Å²) >= 11 is 3.49. The van der Waals surface area contributed by atoms with Gasteiger partial charge in [-0.2, -0.15) is 0 Å². The molecule has 6 heteroatoms. The van der Waals surface area contributed by atoms with Crippen LogP contribution in [-0.2, 0) is 13.0 Å². The van der Waals surface area contributed by atoms with Gasteiger partial charge in [0.05, 0.1) is 11.5 Å². The van der Waals surface area contributed by atoms with Crippen molar-refractivity contribution in [2.24, 2.45) is 0 Å². The van der Waals surface area contributed by atoms with Crippen LogP contribution in [0.1, 0.15) is 11.1 Å². The fraction of sp³-hybridized carbons (Fsp3) is 0.200. The molecule has 0 radical (unpaired) electrons. The Morgan fingerprint density at radius 2 is 2.14 bits per heavy atom. The number of para-hydroxylation sites is 2. The lowest BCUT2D eigenvalue weighted by Gasteiger charge is -2.11. The molecule has 0 aromatic heterocycles. The number of benzene rings is 2. The van der Waals surface area contributed by atoms with Crippen LogP contribution in [-0.4, -0.2) is 11.5 Å². The van der Waals surface area contributed by atoms with Gasteiger partial charge >= 0.3 is 0 Å². The molecule has 0 unspecified atom stereocenters. The molecule has 0 saturated carbocycles. The number of nitro groups is 1. The number of hydrogen-bond donors (Lipinski definition) is 1. The second-order valence-corrected chi connectivity index (χ2v) is 5.70. The standard InChI is InChI=1S/C15H13BrN2O3/c16-12-7-10-5-6-21-15(10)11(8-12)9-17-13-3-1-2-4-14(13)18(19)20/h1-4,7-8,17H,5-6,9H2. The van der Waals surface area contributed by atoms with Crippen LogP contribution in [0.4, 0.5) is 11.4 Å². The Balaban J connectivity index is 1.85. The number of ether oxygens (including phenoxy) is 1. The average molecular weight is 349 g/mol. The van der Waals surface area contributed by atoms with Crippen LogP contribution in [0.15, 0.2) is 40.9 Å². The minimum Gasteiger partial charge on any atom is -0.493 e. The summed E-state index contributed by atoms with van der Waals surface area (Å²) < 4.78 is 6.65. The molecule has 0 aliphatic carbocycles. The Morgan fingerprint density at radius 1 is 1.33 bits per heavy atom. The van der Waals surface area contributed by atoms with Crippen molar-refractivity contribution in [2.45, 2.75) is 13.0 Å². The first-order valence-electron chi connectivity index (χ1n) is 6.56. The molecule has 21 heavy (non-hydrogen) atoms. The van der Waals surface area contributed by atoms with Gasteiger partial charge in [0.15, 0.2) is 0 Å². The van der Waals surface area contributed by atoms with E-state index in [4.69, 9.17) is 4.74 Å². The van der Waals surface area contributed by atoms with Gasteiger partial charge in [-0.1, -0.05) is 28.1 Å². The van der Waals surface area contributed by atoms with Gasteiger partial charge in [0.25, 0.3) is 5.69 Å². The van der Waals surface area contributed by atoms with Crippen molar-refractivity contribution in [1.82, 2.24) is 0 Å². The van der Waals surface area contributed by atoms with E-state index in [0.29, 0.717) is 18.8 Å². The summed E-state index contributed by atoms with van der Waals surface area (Å²) in [6.07, 6.45) is 0.896. The van der Waals surface area contributed by atoms with Crippen LogP contribution in [0.5, 0.6) is 5.75 Å². The number of nitro benzene ring substituents is 1. The molecule has 0 fully saturated rings. The number of rotatable bonds is 4. The van der Waals surface area contributed by atoms with Crippen LogP contribution in [0, 0.1) is 10.1 Å². The first kappa shape index (κ1) is 13.9. The van der Waals surface area contributed by atoms with Crippen molar-refractivity contribution in [2.75, 3.05) is 11.9 Å². The van der Waals surface area contributed by atoms with E-state index in [-0.39, 0.29) is 10.6 Å². The van der Waals surface area contributed by atoms with Crippen LogP contribution >= 0.6 is 15.9 Å². The molecule has 0 spiro atoms. The molecule has 0 amide bonds. The zero-order valence-electron chi connectivity index (χ0n) is 11.1. The Hall–Kier alpha value is -2.08. The highest BCUT2D eigenvalue weighted by Gasteiger charge is 2.18. The molecule has 3 rings (SSSR count). The summed E-state index contributed by atoms with van der Waals surface area (Å²) in [6, 6.07) is 10.7.